The quantitative estimate of drug-likeness (QED) is 0.111. The third kappa shape index (κ3) is 6.78. The fourth-order valence-electron chi connectivity index (χ4n) is 4.28. The normalized spacial score (nSPS) is 23.0. The van der Waals surface area contributed by atoms with Crippen LogP contribution in [0.15, 0.2) is 4.99 Å². The number of nitrogens with zero attached hydrogens (tertiary/aromatic N) is 3. The number of nitrogens with two attached hydrogens (primary N) is 3. The highest BCUT2D eigenvalue weighted by molar-refractivity contribution is 5.95. The largest absolute Gasteiger partial charge is 0.480 e. The molecular formula is C20H35N7O6. The molecule has 0 spiro atoms. The van der Waals surface area contributed by atoms with Crippen LogP contribution in [0.4, 0.5) is 0 Å². The maximum Gasteiger partial charge on any atom is 0.328 e. The van der Waals surface area contributed by atoms with Crippen molar-refractivity contribution in [3.63, 3.8) is 0 Å². The van der Waals surface area contributed by atoms with Crippen molar-refractivity contribution in [2.24, 2.45) is 22.2 Å². The number of carboxylic acids is 1. The monoisotopic (exact) mass is 469 g/mol. The molecule has 0 saturated carbocycles. The van der Waals surface area contributed by atoms with Gasteiger partial charge in [-0.1, -0.05) is 0 Å². The summed E-state index contributed by atoms with van der Waals surface area (Å²) in [7, 11) is 0. The summed E-state index contributed by atoms with van der Waals surface area (Å²) in [5.74, 6) is -2.73. The van der Waals surface area contributed by atoms with Crippen molar-refractivity contribution in [3.05, 3.63) is 0 Å². The number of hydrogen-bond donors (Lipinski definition) is 6. The van der Waals surface area contributed by atoms with E-state index in [9.17, 15) is 29.4 Å². The summed E-state index contributed by atoms with van der Waals surface area (Å²) in [6.45, 7) is 2.33. The van der Waals surface area contributed by atoms with E-state index in [2.05, 4.69) is 10.3 Å². The van der Waals surface area contributed by atoms with Gasteiger partial charge >= 0.3 is 5.97 Å². The summed E-state index contributed by atoms with van der Waals surface area (Å²) >= 11 is 0. The Morgan fingerprint density at radius 1 is 1.09 bits per heavy atom. The molecule has 186 valence electrons. The summed E-state index contributed by atoms with van der Waals surface area (Å²) in [6, 6.07) is -3.85. The minimum absolute atomic E-state index is 0.0348. The highest BCUT2D eigenvalue weighted by atomic mass is 16.4. The molecule has 0 aromatic carbocycles. The Morgan fingerprint density at radius 3 is 2.27 bits per heavy atom. The predicted octanol–water partition coefficient (Wildman–Crippen LogP) is -2.70. The summed E-state index contributed by atoms with van der Waals surface area (Å²) in [6.07, 6.45) is 1.61. The van der Waals surface area contributed by atoms with Crippen molar-refractivity contribution in [2.45, 2.75) is 75.7 Å². The number of nitrogens with one attached hydrogen (secondary N) is 1. The zero-order valence-corrected chi connectivity index (χ0v) is 18.9. The van der Waals surface area contributed by atoms with E-state index in [0.29, 0.717) is 58.2 Å². The van der Waals surface area contributed by atoms with E-state index in [0.717, 1.165) is 0 Å². The van der Waals surface area contributed by atoms with Crippen LogP contribution in [0.2, 0.25) is 0 Å². The number of aliphatic carboxylic acids is 1. The van der Waals surface area contributed by atoms with E-state index in [1.54, 1.807) is 0 Å². The molecule has 13 heteroatoms. The van der Waals surface area contributed by atoms with Gasteiger partial charge in [0.15, 0.2) is 12.0 Å². The van der Waals surface area contributed by atoms with Gasteiger partial charge in [-0.05, 0) is 45.4 Å². The molecule has 5 atom stereocenters. The Labute approximate surface area is 192 Å². The Morgan fingerprint density at radius 2 is 1.70 bits per heavy atom. The number of aliphatic hydroxyl groups is 1. The molecule has 0 bridgehead atoms. The summed E-state index contributed by atoms with van der Waals surface area (Å²) < 4.78 is 0. The topological polar surface area (TPSA) is 218 Å². The van der Waals surface area contributed by atoms with Gasteiger partial charge in [-0.15, -0.1) is 0 Å². The average Bonchev–Trinajstić information content (AvgIpc) is 3.42. The molecule has 9 N–H and O–H groups in total. The van der Waals surface area contributed by atoms with Gasteiger partial charge in [0.2, 0.25) is 17.7 Å². The van der Waals surface area contributed by atoms with Crippen LogP contribution in [0.1, 0.15) is 45.4 Å². The Balaban J connectivity index is 2.02. The van der Waals surface area contributed by atoms with Gasteiger partial charge in [0.1, 0.15) is 12.1 Å². The Hall–Kier alpha value is -2.93. The second-order valence-corrected chi connectivity index (χ2v) is 8.50. The van der Waals surface area contributed by atoms with Gasteiger partial charge in [0.05, 0.1) is 12.1 Å². The fraction of sp³-hybridized carbons (Fsp3) is 0.750. The zero-order valence-electron chi connectivity index (χ0n) is 18.9. The standard InChI is InChI=1S/C20H35N7O6/c1-11(28)15(19(32)33)25-16(29)13-6-3-9-26(13)18(31)14-7-4-10-27(14)17(30)12(21)5-2-8-24-20(22)23/h11-15,28H,2-10,21H2,1H3,(H,25,29)(H,32,33)(H4,22,23,24). The molecule has 33 heavy (non-hydrogen) atoms. The summed E-state index contributed by atoms with van der Waals surface area (Å²) in [4.78, 5) is 56.9. The lowest BCUT2D eigenvalue weighted by atomic mass is 10.1. The number of carbonyl (C=O) groups excluding carboxylic acids is 3. The first-order valence-corrected chi connectivity index (χ1v) is 11.2. The molecule has 2 heterocycles. The van der Waals surface area contributed by atoms with Crippen molar-refractivity contribution >= 4 is 29.7 Å². The molecule has 2 aliphatic heterocycles. The molecule has 0 aliphatic carbocycles. The number of carbonyl (C=O) groups is 4. The smallest absolute Gasteiger partial charge is 0.328 e. The van der Waals surface area contributed by atoms with Crippen molar-refractivity contribution in [1.29, 1.82) is 0 Å². The molecule has 2 saturated heterocycles. The van der Waals surface area contributed by atoms with Crippen LogP contribution in [0, 0.1) is 0 Å². The second kappa shape index (κ2) is 11.8. The maximum atomic E-state index is 13.3. The number of guanidine groups is 1. The van der Waals surface area contributed by atoms with Crippen molar-refractivity contribution in [1.82, 2.24) is 15.1 Å². The third-order valence-electron chi connectivity index (χ3n) is 5.99. The lowest BCUT2D eigenvalue weighted by Gasteiger charge is -2.32. The molecule has 0 aromatic heterocycles. The lowest BCUT2D eigenvalue weighted by Crippen LogP contribution is -2.57. The first-order chi connectivity index (χ1) is 15.5. The highest BCUT2D eigenvalue weighted by Gasteiger charge is 2.43. The predicted molar refractivity (Wildman–Crippen MR) is 119 cm³/mol. The number of aliphatic imine (C=N–C) groups is 1. The molecule has 2 rings (SSSR count). The first kappa shape index (κ1) is 26.3. The fourth-order valence-corrected chi connectivity index (χ4v) is 4.28. The zero-order chi connectivity index (χ0) is 24.7. The van der Waals surface area contributed by atoms with Crippen molar-refractivity contribution < 1.29 is 29.4 Å². The first-order valence-electron chi connectivity index (χ1n) is 11.2. The molecule has 0 radical (unpaired) electrons. The van der Waals surface area contributed by atoms with Crippen molar-refractivity contribution in [3.8, 4) is 0 Å². The highest BCUT2D eigenvalue weighted by Crippen LogP contribution is 2.26. The van der Waals surface area contributed by atoms with Crippen LogP contribution in [-0.2, 0) is 19.2 Å². The van der Waals surface area contributed by atoms with Crippen LogP contribution in [-0.4, -0.2) is 99.6 Å². The molecule has 0 aromatic rings. The SMILES string of the molecule is CC(O)C(NC(=O)C1CCCN1C(=O)C1CCCN1C(=O)C(N)CCCN=C(N)N)C(=O)O. The van der Waals surface area contributed by atoms with Gasteiger partial charge in [-0.2, -0.15) is 0 Å². The summed E-state index contributed by atoms with van der Waals surface area (Å²) in [5, 5.41) is 21.1. The number of likely N-dealkylation sites (tertiary alicyclic amines) is 2. The molecule has 3 amide bonds. The molecule has 2 aliphatic rings. The summed E-state index contributed by atoms with van der Waals surface area (Å²) in [5.41, 5.74) is 16.6. The number of carboxylic acid groups (broad SMARTS) is 1. The van der Waals surface area contributed by atoms with E-state index >= 15 is 0 Å². The lowest BCUT2D eigenvalue weighted by molar-refractivity contribution is -0.149. The van der Waals surface area contributed by atoms with Gasteiger partial charge in [0, 0.05) is 19.6 Å². The molecule has 2 fully saturated rings. The van der Waals surface area contributed by atoms with Gasteiger partial charge in [-0.3, -0.25) is 19.4 Å². The molecule has 13 nitrogen and oxygen atoms in total. The number of amides is 3. The third-order valence-corrected chi connectivity index (χ3v) is 5.99. The Kier molecular flexibility index (Phi) is 9.41. The van der Waals surface area contributed by atoms with Gasteiger partial charge in [0.25, 0.3) is 0 Å². The Bertz CT molecular complexity index is 770. The van der Waals surface area contributed by atoms with E-state index in [1.165, 1.54) is 16.7 Å². The van der Waals surface area contributed by atoms with E-state index in [1.807, 2.05) is 0 Å². The molecular weight excluding hydrogens is 434 g/mol. The van der Waals surface area contributed by atoms with E-state index < -0.39 is 42.1 Å². The number of aliphatic hydroxyl groups excluding tert-OH is 1. The van der Waals surface area contributed by atoms with Gasteiger partial charge < -0.3 is 42.5 Å². The molecule has 5 unspecified atom stereocenters. The maximum absolute atomic E-state index is 13.3. The van der Waals surface area contributed by atoms with Crippen LogP contribution in [0.5, 0.6) is 0 Å². The van der Waals surface area contributed by atoms with Crippen molar-refractivity contribution in [2.75, 3.05) is 19.6 Å². The van der Waals surface area contributed by atoms with E-state index in [-0.39, 0.29) is 17.8 Å². The van der Waals surface area contributed by atoms with Crippen LogP contribution >= 0.6 is 0 Å². The average molecular weight is 470 g/mol. The number of rotatable bonds is 10. The van der Waals surface area contributed by atoms with Gasteiger partial charge in [-0.25, -0.2) is 4.79 Å². The second-order valence-electron chi connectivity index (χ2n) is 8.50. The van der Waals surface area contributed by atoms with E-state index in [4.69, 9.17) is 17.2 Å². The number of hydrogen-bond acceptors (Lipinski definition) is 7. The van der Waals surface area contributed by atoms with Crippen LogP contribution in [0.3, 0.4) is 0 Å². The van der Waals surface area contributed by atoms with Crippen LogP contribution < -0.4 is 22.5 Å². The minimum atomic E-state index is -1.48. The van der Waals surface area contributed by atoms with Crippen LogP contribution in [0.25, 0.3) is 0 Å². The minimum Gasteiger partial charge on any atom is -0.480 e.